The Balaban J connectivity index is 1.34. The fourth-order valence-electron chi connectivity index (χ4n) is 5.38. The average Bonchev–Trinajstić information content (AvgIpc) is 3.34. The number of piperazine rings is 1. The average molecular weight is 430 g/mol. The maximum absolute atomic E-state index is 12.7. The number of anilines is 1. The molecular formula is C26H31N5O. The van der Waals surface area contributed by atoms with Crippen LogP contribution < -0.4 is 4.90 Å². The van der Waals surface area contributed by atoms with E-state index in [1.54, 1.807) is 0 Å². The topological polar surface area (TPSA) is 63.5 Å². The molecule has 2 saturated heterocycles. The molecule has 3 heterocycles. The number of pyridine rings is 1. The van der Waals surface area contributed by atoms with Gasteiger partial charge in [0.1, 0.15) is 11.9 Å². The smallest absolute Gasteiger partial charge is 0.236 e. The fraction of sp³-hybridized carbons (Fsp3) is 0.500. The third-order valence-corrected chi connectivity index (χ3v) is 7.15. The van der Waals surface area contributed by atoms with E-state index >= 15 is 0 Å². The molecule has 0 N–H and O–H groups in total. The Morgan fingerprint density at radius 3 is 2.34 bits per heavy atom. The lowest BCUT2D eigenvalue weighted by molar-refractivity contribution is -0.133. The SMILES string of the molecule is N#Cc1c(N2CCN(CC(=O)N3CCCCC3)CC2)nc(-c2ccccc2)c2c1CCC2. The molecule has 3 aliphatic rings. The van der Waals surface area contributed by atoms with Crippen LogP contribution in [0.1, 0.15) is 42.4 Å². The molecule has 0 unspecified atom stereocenters. The van der Waals surface area contributed by atoms with E-state index in [-0.39, 0.29) is 5.91 Å². The molecule has 0 radical (unpaired) electrons. The van der Waals surface area contributed by atoms with Crippen LogP contribution in [0.2, 0.25) is 0 Å². The summed E-state index contributed by atoms with van der Waals surface area (Å²) in [4.78, 5) is 24.3. The van der Waals surface area contributed by atoms with Gasteiger partial charge in [0.25, 0.3) is 0 Å². The highest BCUT2D eigenvalue weighted by Gasteiger charge is 2.29. The summed E-state index contributed by atoms with van der Waals surface area (Å²) < 4.78 is 0. The summed E-state index contributed by atoms with van der Waals surface area (Å²) in [5, 5.41) is 10.0. The molecule has 0 bridgehead atoms. The van der Waals surface area contributed by atoms with Crippen LogP contribution in [0.25, 0.3) is 11.3 Å². The summed E-state index contributed by atoms with van der Waals surface area (Å²) in [5.74, 6) is 1.09. The van der Waals surface area contributed by atoms with Crippen LogP contribution in [0.3, 0.4) is 0 Å². The molecule has 5 rings (SSSR count). The van der Waals surface area contributed by atoms with Crippen molar-refractivity contribution in [3.63, 3.8) is 0 Å². The van der Waals surface area contributed by atoms with Crippen molar-refractivity contribution in [3.8, 4) is 17.3 Å². The van der Waals surface area contributed by atoms with Crippen LogP contribution in [0.4, 0.5) is 5.82 Å². The highest BCUT2D eigenvalue weighted by atomic mass is 16.2. The molecule has 2 aliphatic heterocycles. The number of nitriles is 1. The number of aromatic nitrogens is 1. The molecule has 32 heavy (non-hydrogen) atoms. The summed E-state index contributed by atoms with van der Waals surface area (Å²) >= 11 is 0. The third kappa shape index (κ3) is 4.10. The van der Waals surface area contributed by atoms with Crippen molar-refractivity contribution >= 4 is 11.7 Å². The first-order valence-corrected chi connectivity index (χ1v) is 12.0. The van der Waals surface area contributed by atoms with E-state index in [4.69, 9.17) is 4.98 Å². The zero-order valence-electron chi connectivity index (χ0n) is 18.7. The lowest BCUT2D eigenvalue weighted by Gasteiger charge is -2.37. The molecule has 0 atom stereocenters. The first-order valence-electron chi connectivity index (χ1n) is 12.0. The van der Waals surface area contributed by atoms with Crippen LogP contribution in [0.15, 0.2) is 30.3 Å². The molecule has 6 nitrogen and oxygen atoms in total. The molecule has 166 valence electrons. The molecule has 1 aromatic heterocycles. The maximum atomic E-state index is 12.7. The van der Waals surface area contributed by atoms with Crippen LogP contribution in [-0.4, -0.2) is 66.5 Å². The van der Waals surface area contributed by atoms with Crippen molar-refractivity contribution in [3.05, 3.63) is 47.0 Å². The van der Waals surface area contributed by atoms with Gasteiger partial charge in [-0.25, -0.2) is 4.98 Å². The molecule has 1 amide bonds. The van der Waals surface area contributed by atoms with E-state index in [2.05, 4.69) is 28.0 Å². The molecule has 0 saturated carbocycles. The van der Waals surface area contributed by atoms with E-state index in [9.17, 15) is 10.1 Å². The van der Waals surface area contributed by atoms with E-state index in [1.807, 2.05) is 23.1 Å². The van der Waals surface area contributed by atoms with Gasteiger partial charge in [0.05, 0.1) is 17.8 Å². The highest BCUT2D eigenvalue weighted by molar-refractivity contribution is 5.78. The number of carbonyl (C=O) groups is 1. The second-order valence-electron chi connectivity index (χ2n) is 9.15. The fourth-order valence-corrected chi connectivity index (χ4v) is 5.38. The van der Waals surface area contributed by atoms with E-state index in [1.165, 1.54) is 17.5 Å². The van der Waals surface area contributed by atoms with Crippen molar-refractivity contribution in [2.75, 3.05) is 50.7 Å². The minimum Gasteiger partial charge on any atom is -0.353 e. The summed E-state index contributed by atoms with van der Waals surface area (Å²) in [7, 11) is 0. The Morgan fingerprint density at radius 2 is 1.62 bits per heavy atom. The second kappa shape index (κ2) is 9.30. The first-order chi connectivity index (χ1) is 15.7. The number of hydrogen-bond acceptors (Lipinski definition) is 5. The molecule has 2 fully saturated rings. The summed E-state index contributed by atoms with van der Waals surface area (Å²) in [6.07, 6.45) is 6.53. The second-order valence-corrected chi connectivity index (χ2v) is 9.15. The third-order valence-electron chi connectivity index (χ3n) is 7.15. The number of piperidine rings is 1. The molecule has 6 heteroatoms. The zero-order valence-corrected chi connectivity index (χ0v) is 18.7. The molecule has 1 aliphatic carbocycles. The number of rotatable bonds is 4. The molecule has 2 aromatic rings. The van der Waals surface area contributed by atoms with E-state index < -0.39 is 0 Å². The Morgan fingerprint density at radius 1 is 0.906 bits per heavy atom. The van der Waals surface area contributed by atoms with Crippen LogP contribution in [-0.2, 0) is 17.6 Å². The predicted octanol–water partition coefficient (Wildman–Crippen LogP) is 3.24. The number of carbonyl (C=O) groups excluding carboxylic acids is 1. The Bertz CT molecular complexity index is 1010. The Kier molecular flexibility index (Phi) is 6.09. The van der Waals surface area contributed by atoms with Gasteiger partial charge in [-0.3, -0.25) is 9.69 Å². The predicted molar refractivity (Wildman–Crippen MR) is 125 cm³/mol. The Hall–Kier alpha value is -2.91. The van der Waals surface area contributed by atoms with Gasteiger partial charge in [-0.2, -0.15) is 5.26 Å². The normalized spacial score (nSPS) is 19.0. The van der Waals surface area contributed by atoms with Crippen molar-refractivity contribution in [2.24, 2.45) is 0 Å². The van der Waals surface area contributed by atoms with Crippen molar-refractivity contribution in [1.29, 1.82) is 5.26 Å². The highest BCUT2D eigenvalue weighted by Crippen LogP contribution is 2.37. The number of likely N-dealkylation sites (tertiary alicyclic amines) is 1. The summed E-state index contributed by atoms with van der Waals surface area (Å²) in [6.45, 7) is 5.56. The molecular weight excluding hydrogens is 398 g/mol. The summed E-state index contributed by atoms with van der Waals surface area (Å²) in [5.41, 5.74) is 5.37. The van der Waals surface area contributed by atoms with Gasteiger partial charge in [0.2, 0.25) is 5.91 Å². The van der Waals surface area contributed by atoms with Gasteiger partial charge in [0.15, 0.2) is 0 Å². The van der Waals surface area contributed by atoms with Crippen molar-refractivity contribution < 1.29 is 4.79 Å². The van der Waals surface area contributed by atoms with Gasteiger partial charge >= 0.3 is 0 Å². The minimum atomic E-state index is 0.262. The quantitative estimate of drug-likeness (QED) is 0.747. The van der Waals surface area contributed by atoms with Crippen LogP contribution in [0, 0.1) is 11.3 Å². The minimum absolute atomic E-state index is 0.262. The van der Waals surface area contributed by atoms with E-state index in [0.29, 0.717) is 6.54 Å². The largest absolute Gasteiger partial charge is 0.353 e. The molecule has 0 spiro atoms. The lowest BCUT2D eigenvalue weighted by Crippen LogP contribution is -2.51. The van der Waals surface area contributed by atoms with E-state index in [0.717, 1.165) is 94.0 Å². The van der Waals surface area contributed by atoms with Crippen molar-refractivity contribution in [1.82, 2.24) is 14.8 Å². The zero-order chi connectivity index (χ0) is 21.9. The maximum Gasteiger partial charge on any atom is 0.236 e. The number of benzene rings is 1. The number of hydrogen-bond donors (Lipinski definition) is 0. The standard InChI is InChI=1S/C26H31N5O/c27-18-23-21-10-7-11-22(21)25(20-8-3-1-4-9-20)28-26(23)31-16-14-29(15-17-31)19-24(32)30-12-5-2-6-13-30/h1,3-4,8-9H,2,5-7,10-17,19H2. The number of fused-ring (bicyclic) bond motifs is 1. The van der Waals surface area contributed by atoms with Crippen LogP contribution in [0.5, 0.6) is 0 Å². The lowest BCUT2D eigenvalue weighted by atomic mass is 9.98. The number of amides is 1. The van der Waals surface area contributed by atoms with Crippen LogP contribution >= 0.6 is 0 Å². The van der Waals surface area contributed by atoms with Gasteiger partial charge < -0.3 is 9.80 Å². The first kappa shape index (κ1) is 21.0. The monoisotopic (exact) mass is 429 g/mol. The Labute approximate surface area is 190 Å². The number of nitrogens with zero attached hydrogens (tertiary/aromatic N) is 5. The van der Waals surface area contributed by atoms with Crippen molar-refractivity contribution in [2.45, 2.75) is 38.5 Å². The van der Waals surface area contributed by atoms with Gasteiger partial charge in [-0.05, 0) is 49.7 Å². The van der Waals surface area contributed by atoms with Gasteiger partial charge in [-0.15, -0.1) is 0 Å². The summed E-state index contributed by atoms with van der Waals surface area (Å²) in [6, 6.07) is 12.8. The van der Waals surface area contributed by atoms with Gasteiger partial charge in [-0.1, -0.05) is 30.3 Å². The molecule has 1 aromatic carbocycles. The van der Waals surface area contributed by atoms with Gasteiger partial charge in [0, 0.05) is 44.8 Å².